The molecule has 1 aliphatic heterocycles. The molecule has 1 N–H and O–H groups in total. The summed E-state index contributed by atoms with van der Waals surface area (Å²) in [6, 6.07) is 13.3. The third-order valence-electron chi connectivity index (χ3n) is 4.54. The van der Waals surface area contributed by atoms with E-state index in [1.54, 1.807) is 30.3 Å². The summed E-state index contributed by atoms with van der Waals surface area (Å²) < 4.78 is 39.7. The molecule has 1 aliphatic rings. The number of alkyl halides is 3. The van der Waals surface area contributed by atoms with Gasteiger partial charge in [-0.25, -0.2) is 0 Å². The van der Waals surface area contributed by atoms with Crippen LogP contribution in [0, 0.1) is 10.1 Å². The van der Waals surface area contributed by atoms with Gasteiger partial charge in [0.1, 0.15) is 5.71 Å². The number of nitro groups is 1. The number of hydrazone groups is 1. The second-order valence-corrected chi connectivity index (χ2v) is 6.54. The molecule has 0 spiro atoms. The minimum absolute atomic E-state index is 0.199. The van der Waals surface area contributed by atoms with Gasteiger partial charge in [-0.3, -0.25) is 14.9 Å². The van der Waals surface area contributed by atoms with Crippen LogP contribution in [0.1, 0.15) is 24.0 Å². The third-order valence-corrected chi connectivity index (χ3v) is 4.54. The number of carbonyl (C=O) groups is 1. The van der Waals surface area contributed by atoms with Gasteiger partial charge in [0.15, 0.2) is 5.72 Å². The lowest BCUT2D eigenvalue weighted by Crippen LogP contribution is -2.43. The van der Waals surface area contributed by atoms with Crippen molar-refractivity contribution in [2.75, 3.05) is 0 Å². The Labute approximate surface area is 163 Å². The number of hydrogen-bond acceptors (Lipinski definition) is 5. The molecular formula is C19H16F3N3O4. The van der Waals surface area contributed by atoms with Crippen LogP contribution in [0.15, 0.2) is 59.7 Å². The van der Waals surface area contributed by atoms with E-state index in [1.807, 2.05) is 0 Å². The molecule has 1 unspecified atom stereocenters. The van der Waals surface area contributed by atoms with Gasteiger partial charge in [0.2, 0.25) is 5.91 Å². The predicted molar refractivity (Wildman–Crippen MR) is 96.7 cm³/mol. The number of hydrogen-bond donors (Lipinski definition) is 1. The van der Waals surface area contributed by atoms with Crippen LogP contribution in [0.4, 0.5) is 18.9 Å². The van der Waals surface area contributed by atoms with Crippen molar-refractivity contribution in [2.45, 2.75) is 31.2 Å². The summed E-state index contributed by atoms with van der Waals surface area (Å²) in [4.78, 5) is 22.9. The van der Waals surface area contributed by atoms with E-state index in [1.165, 1.54) is 12.1 Å². The van der Waals surface area contributed by atoms with E-state index in [9.17, 15) is 33.2 Å². The number of nitro benzene ring substituents is 1. The third kappa shape index (κ3) is 4.27. The lowest BCUT2D eigenvalue weighted by molar-refractivity contribution is -0.385. The maximum Gasteiger partial charge on any atom is 0.431 e. The molecule has 2 aromatic carbocycles. The van der Waals surface area contributed by atoms with Gasteiger partial charge in [0, 0.05) is 24.1 Å². The van der Waals surface area contributed by atoms with Crippen molar-refractivity contribution in [3.8, 4) is 0 Å². The molecule has 7 nitrogen and oxygen atoms in total. The SMILES string of the molecule is O=C(CCc1ccccc1)N1N=C(C(F)(F)F)CC1(O)c1cccc([N+](=O)[O-])c1. The van der Waals surface area contributed by atoms with Crippen molar-refractivity contribution in [1.82, 2.24) is 5.01 Å². The zero-order valence-electron chi connectivity index (χ0n) is 15.0. The summed E-state index contributed by atoms with van der Waals surface area (Å²) in [6.07, 6.45) is -5.84. The first-order valence-electron chi connectivity index (χ1n) is 8.60. The Morgan fingerprint density at radius 3 is 2.52 bits per heavy atom. The van der Waals surface area contributed by atoms with Crippen LogP contribution in [-0.4, -0.2) is 32.8 Å². The maximum atomic E-state index is 13.2. The lowest BCUT2D eigenvalue weighted by atomic mass is 9.96. The number of halogens is 3. The number of aliphatic hydroxyl groups is 1. The first kappa shape index (κ1) is 20.5. The average Bonchev–Trinajstić information content (AvgIpc) is 3.06. The molecule has 0 saturated heterocycles. The molecule has 29 heavy (non-hydrogen) atoms. The van der Waals surface area contributed by atoms with E-state index in [0.29, 0.717) is 5.01 Å². The van der Waals surface area contributed by atoms with Crippen molar-refractivity contribution in [1.29, 1.82) is 0 Å². The average molecular weight is 407 g/mol. The van der Waals surface area contributed by atoms with E-state index in [-0.39, 0.29) is 18.4 Å². The summed E-state index contributed by atoms with van der Waals surface area (Å²) in [7, 11) is 0. The largest absolute Gasteiger partial charge is 0.431 e. The zero-order chi connectivity index (χ0) is 21.2. The van der Waals surface area contributed by atoms with Crippen LogP contribution in [0.5, 0.6) is 0 Å². The molecule has 0 aromatic heterocycles. The number of carbonyl (C=O) groups excluding carboxylic acids is 1. The zero-order valence-corrected chi connectivity index (χ0v) is 15.0. The van der Waals surface area contributed by atoms with Gasteiger partial charge in [-0.1, -0.05) is 42.5 Å². The highest BCUT2D eigenvalue weighted by molar-refractivity contribution is 5.94. The van der Waals surface area contributed by atoms with Crippen LogP contribution in [-0.2, 0) is 16.9 Å². The van der Waals surface area contributed by atoms with E-state index < -0.39 is 40.6 Å². The molecular weight excluding hydrogens is 391 g/mol. The Morgan fingerprint density at radius 1 is 1.21 bits per heavy atom. The van der Waals surface area contributed by atoms with Gasteiger partial charge in [-0.15, -0.1) is 0 Å². The second kappa shape index (κ2) is 7.63. The molecule has 1 heterocycles. The smallest absolute Gasteiger partial charge is 0.365 e. The number of non-ortho nitro benzene ring substituents is 1. The molecule has 152 valence electrons. The Hall–Kier alpha value is -3.27. The Balaban J connectivity index is 1.93. The number of aryl methyl sites for hydroxylation is 1. The standard InChI is InChI=1S/C19H16F3N3O4/c20-19(21,22)16-12-18(27,14-7-4-8-15(11-14)25(28)29)24(23-16)17(26)10-9-13-5-2-1-3-6-13/h1-8,11,27H,9-10,12H2. The van der Waals surface area contributed by atoms with Gasteiger partial charge in [-0.2, -0.15) is 23.3 Å². The number of nitrogens with zero attached hydrogens (tertiary/aromatic N) is 3. The molecule has 3 rings (SSSR count). The summed E-state index contributed by atoms with van der Waals surface area (Å²) in [5, 5.41) is 25.7. The minimum atomic E-state index is -4.86. The van der Waals surface area contributed by atoms with Gasteiger partial charge >= 0.3 is 6.18 Å². The number of rotatable bonds is 5. The first-order valence-corrected chi connectivity index (χ1v) is 8.60. The molecule has 2 aromatic rings. The van der Waals surface area contributed by atoms with Crippen molar-refractivity contribution in [3.05, 3.63) is 75.8 Å². The fourth-order valence-electron chi connectivity index (χ4n) is 3.06. The predicted octanol–water partition coefficient (Wildman–Crippen LogP) is 3.52. The van der Waals surface area contributed by atoms with Crippen molar-refractivity contribution in [3.63, 3.8) is 0 Å². The Morgan fingerprint density at radius 2 is 1.90 bits per heavy atom. The monoisotopic (exact) mass is 407 g/mol. The summed E-state index contributed by atoms with van der Waals surface area (Å²) in [5.41, 5.74) is -3.65. The van der Waals surface area contributed by atoms with Crippen molar-refractivity contribution < 1.29 is 28.0 Å². The van der Waals surface area contributed by atoms with Crippen LogP contribution in [0.3, 0.4) is 0 Å². The van der Waals surface area contributed by atoms with Crippen LogP contribution >= 0.6 is 0 Å². The van der Waals surface area contributed by atoms with E-state index in [4.69, 9.17) is 0 Å². The van der Waals surface area contributed by atoms with Crippen molar-refractivity contribution >= 4 is 17.3 Å². The van der Waals surface area contributed by atoms with Crippen LogP contribution < -0.4 is 0 Å². The van der Waals surface area contributed by atoms with E-state index in [2.05, 4.69) is 5.10 Å². The topological polar surface area (TPSA) is 96.0 Å². The number of benzene rings is 2. The van der Waals surface area contributed by atoms with E-state index >= 15 is 0 Å². The minimum Gasteiger partial charge on any atom is -0.365 e. The fourth-order valence-corrected chi connectivity index (χ4v) is 3.06. The molecule has 1 amide bonds. The molecule has 0 aliphatic carbocycles. The Bertz CT molecular complexity index is 963. The quantitative estimate of drug-likeness (QED) is 0.606. The maximum absolute atomic E-state index is 13.2. The number of amides is 1. The lowest BCUT2D eigenvalue weighted by Gasteiger charge is -2.31. The molecule has 0 saturated carbocycles. The van der Waals surface area contributed by atoms with E-state index in [0.717, 1.165) is 17.7 Å². The molecule has 10 heteroatoms. The second-order valence-electron chi connectivity index (χ2n) is 6.54. The normalized spacial score (nSPS) is 19.2. The van der Waals surface area contributed by atoms with Crippen LogP contribution in [0.2, 0.25) is 0 Å². The summed E-state index contributed by atoms with van der Waals surface area (Å²) >= 11 is 0. The van der Waals surface area contributed by atoms with Gasteiger partial charge in [0.25, 0.3) is 5.69 Å². The van der Waals surface area contributed by atoms with Crippen molar-refractivity contribution in [2.24, 2.45) is 5.10 Å². The first-order chi connectivity index (χ1) is 13.6. The highest BCUT2D eigenvalue weighted by atomic mass is 19.4. The highest BCUT2D eigenvalue weighted by Gasteiger charge is 2.53. The van der Waals surface area contributed by atoms with Crippen LogP contribution in [0.25, 0.3) is 0 Å². The van der Waals surface area contributed by atoms with Gasteiger partial charge in [0.05, 0.1) is 11.3 Å². The highest BCUT2D eigenvalue weighted by Crippen LogP contribution is 2.40. The summed E-state index contributed by atoms with van der Waals surface area (Å²) in [5.74, 6) is -0.831. The molecule has 0 radical (unpaired) electrons. The molecule has 0 bridgehead atoms. The Kier molecular flexibility index (Phi) is 5.38. The van der Waals surface area contributed by atoms with Gasteiger partial charge in [-0.05, 0) is 12.0 Å². The fraction of sp³-hybridized carbons (Fsp3) is 0.263. The molecule has 0 fully saturated rings. The van der Waals surface area contributed by atoms with Gasteiger partial charge < -0.3 is 5.11 Å². The summed E-state index contributed by atoms with van der Waals surface area (Å²) in [6.45, 7) is 0. The molecule has 1 atom stereocenters.